The zero-order valence-electron chi connectivity index (χ0n) is 9.53. The highest BCUT2D eigenvalue weighted by molar-refractivity contribution is 5.89. The average molecular weight is 291 g/mol. The van der Waals surface area contributed by atoms with Crippen molar-refractivity contribution in [3.8, 4) is 5.75 Å². The number of nitro groups is 1. The van der Waals surface area contributed by atoms with Gasteiger partial charge in [-0.15, -0.1) is 0 Å². The van der Waals surface area contributed by atoms with Crippen molar-refractivity contribution in [2.45, 2.75) is 12.7 Å². The second-order valence-corrected chi connectivity index (χ2v) is 3.40. The Morgan fingerprint density at radius 3 is 2.45 bits per heavy atom. The number of carbonyl (C=O) groups is 2. The standard InChI is InChI=1S/C10H7F2NO7/c11-10(12)20-6-2-1-5(13(18)19)4(3-14)7(6)8(15)9(16)17/h1-3,8,10,15H,(H,16,17). The van der Waals surface area contributed by atoms with E-state index < -0.39 is 46.2 Å². The molecule has 0 radical (unpaired) electrons. The molecule has 0 heterocycles. The van der Waals surface area contributed by atoms with Crippen LogP contribution in [0.5, 0.6) is 5.75 Å². The van der Waals surface area contributed by atoms with Gasteiger partial charge in [-0.2, -0.15) is 8.78 Å². The van der Waals surface area contributed by atoms with Crippen LogP contribution in [0.1, 0.15) is 22.0 Å². The normalized spacial score (nSPS) is 12.0. The van der Waals surface area contributed by atoms with Gasteiger partial charge in [0, 0.05) is 6.07 Å². The lowest BCUT2D eigenvalue weighted by molar-refractivity contribution is -0.385. The molecule has 0 aliphatic heterocycles. The van der Waals surface area contributed by atoms with E-state index in [1.54, 1.807) is 0 Å². The van der Waals surface area contributed by atoms with E-state index in [2.05, 4.69) is 4.74 Å². The van der Waals surface area contributed by atoms with Crippen LogP contribution >= 0.6 is 0 Å². The van der Waals surface area contributed by atoms with Crippen molar-refractivity contribution in [3.63, 3.8) is 0 Å². The van der Waals surface area contributed by atoms with Gasteiger partial charge in [0.05, 0.1) is 10.5 Å². The Labute approximate surface area is 109 Å². The van der Waals surface area contributed by atoms with Crippen molar-refractivity contribution < 1.29 is 38.2 Å². The zero-order chi connectivity index (χ0) is 15.4. The van der Waals surface area contributed by atoms with Gasteiger partial charge in [0.2, 0.25) is 0 Å². The maximum absolute atomic E-state index is 12.2. The van der Waals surface area contributed by atoms with Crippen LogP contribution in [0.4, 0.5) is 14.5 Å². The number of halogens is 2. The molecular weight excluding hydrogens is 284 g/mol. The van der Waals surface area contributed by atoms with E-state index in [1.165, 1.54) is 0 Å². The summed E-state index contributed by atoms with van der Waals surface area (Å²) >= 11 is 0. The number of aliphatic carboxylic acids is 1. The number of aliphatic hydroxyl groups is 1. The molecule has 2 N–H and O–H groups in total. The molecule has 1 atom stereocenters. The summed E-state index contributed by atoms with van der Waals surface area (Å²) in [5.41, 5.74) is -2.58. The van der Waals surface area contributed by atoms with Gasteiger partial charge >= 0.3 is 12.6 Å². The maximum atomic E-state index is 12.2. The number of rotatable bonds is 6. The first-order valence-corrected chi connectivity index (χ1v) is 4.91. The number of carboxylic acid groups (broad SMARTS) is 1. The molecule has 1 aromatic carbocycles. The topological polar surface area (TPSA) is 127 Å². The van der Waals surface area contributed by atoms with Crippen LogP contribution in [0.15, 0.2) is 12.1 Å². The molecule has 20 heavy (non-hydrogen) atoms. The Morgan fingerprint density at radius 1 is 1.45 bits per heavy atom. The molecule has 0 aromatic heterocycles. The average Bonchev–Trinajstić information content (AvgIpc) is 2.35. The van der Waals surface area contributed by atoms with Crippen LogP contribution in [0.25, 0.3) is 0 Å². The summed E-state index contributed by atoms with van der Waals surface area (Å²) in [6.07, 6.45) is -2.54. The molecule has 1 aromatic rings. The summed E-state index contributed by atoms with van der Waals surface area (Å²) in [5.74, 6) is -2.71. The number of alkyl halides is 2. The maximum Gasteiger partial charge on any atom is 0.387 e. The van der Waals surface area contributed by atoms with E-state index in [0.717, 1.165) is 0 Å². The molecule has 0 bridgehead atoms. The highest BCUT2D eigenvalue weighted by atomic mass is 19.3. The fourth-order valence-corrected chi connectivity index (χ4v) is 1.49. The highest BCUT2D eigenvalue weighted by Crippen LogP contribution is 2.34. The summed E-state index contributed by atoms with van der Waals surface area (Å²) < 4.78 is 28.3. The molecular formula is C10H7F2NO7. The molecule has 0 aliphatic rings. The zero-order valence-corrected chi connectivity index (χ0v) is 9.53. The number of aliphatic hydroxyl groups excluding tert-OH is 1. The molecule has 0 amide bonds. The summed E-state index contributed by atoms with van der Waals surface area (Å²) in [6.45, 7) is -3.37. The highest BCUT2D eigenvalue weighted by Gasteiger charge is 2.30. The fourth-order valence-electron chi connectivity index (χ4n) is 1.49. The predicted octanol–water partition coefficient (Wildman–Crippen LogP) is 1.13. The number of hydrogen-bond donors (Lipinski definition) is 2. The third-order valence-electron chi connectivity index (χ3n) is 2.26. The molecule has 0 fully saturated rings. The molecule has 0 saturated heterocycles. The van der Waals surface area contributed by atoms with E-state index in [4.69, 9.17) is 5.11 Å². The van der Waals surface area contributed by atoms with Crippen LogP contribution in [0.3, 0.4) is 0 Å². The lowest BCUT2D eigenvalue weighted by Crippen LogP contribution is -2.16. The summed E-state index contributed by atoms with van der Waals surface area (Å²) in [5, 5.41) is 28.8. The smallest absolute Gasteiger partial charge is 0.387 e. The van der Waals surface area contributed by atoms with Gasteiger partial charge in [-0.25, -0.2) is 4.79 Å². The monoisotopic (exact) mass is 291 g/mol. The number of benzene rings is 1. The number of carboxylic acids is 1. The Balaban J connectivity index is 3.59. The van der Waals surface area contributed by atoms with Crippen LogP contribution in [0, 0.1) is 10.1 Å². The van der Waals surface area contributed by atoms with Crippen molar-refractivity contribution in [2.75, 3.05) is 0 Å². The summed E-state index contributed by atoms with van der Waals surface area (Å²) in [6, 6.07) is 1.37. The van der Waals surface area contributed by atoms with Gasteiger partial charge in [-0.3, -0.25) is 14.9 Å². The first kappa shape index (κ1) is 15.4. The van der Waals surface area contributed by atoms with Gasteiger partial charge < -0.3 is 14.9 Å². The molecule has 1 unspecified atom stereocenters. The van der Waals surface area contributed by atoms with Crippen molar-refractivity contribution in [1.29, 1.82) is 0 Å². The summed E-state index contributed by atoms with van der Waals surface area (Å²) in [7, 11) is 0. The van der Waals surface area contributed by atoms with E-state index in [0.29, 0.717) is 12.1 Å². The molecule has 10 heteroatoms. The number of hydrogen-bond acceptors (Lipinski definition) is 6. The van der Waals surface area contributed by atoms with Crippen LogP contribution < -0.4 is 4.74 Å². The number of nitrogens with zero attached hydrogens (tertiary/aromatic N) is 1. The van der Waals surface area contributed by atoms with Gasteiger partial charge in [0.15, 0.2) is 12.4 Å². The van der Waals surface area contributed by atoms with Gasteiger partial charge in [-0.1, -0.05) is 0 Å². The quantitative estimate of drug-likeness (QED) is 0.456. The second kappa shape index (κ2) is 6.02. The third-order valence-corrected chi connectivity index (χ3v) is 2.26. The molecule has 0 saturated carbocycles. The van der Waals surface area contributed by atoms with Gasteiger partial charge in [-0.05, 0) is 6.07 Å². The minimum absolute atomic E-state index is 0.113. The second-order valence-electron chi connectivity index (χ2n) is 3.40. The Bertz CT molecular complexity index is 561. The lowest BCUT2D eigenvalue weighted by Gasteiger charge is -2.14. The Hall–Kier alpha value is -2.62. The number of nitro benzene ring substituents is 1. The SMILES string of the molecule is O=Cc1c([N+](=O)[O-])ccc(OC(F)F)c1C(O)C(=O)O. The van der Waals surface area contributed by atoms with Crippen molar-refractivity contribution in [2.24, 2.45) is 0 Å². The summed E-state index contributed by atoms with van der Waals surface area (Å²) in [4.78, 5) is 31.2. The van der Waals surface area contributed by atoms with Crippen LogP contribution in [-0.4, -0.2) is 34.0 Å². The first-order chi connectivity index (χ1) is 9.29. The van der Waals surface area contributed by atoms with E-state index >= 15 is 0 Å². The number of ether oxygens (including phenoxy) is 1. The minimum Gasteiger partial charge on any atom is -0.479 e. The molecule has 108 valence electrons. The molecule has 0 aliphatic carbocycles. The molecule has 8 nitrogen and oxygen atoms in total. The largest absolute Gasteiger partial charge is 0.479 e. The van der Waals surface area contributed by atoms with Crippen molar-refractivity contribution in [3.05, 3.63) is 33.4 Å². The lowest BCUT2D eigenvalue weighted by atomic mass is 10.00. The molecule has 0 spiro atoms. The van der Waals surface area contributed by atoms with Gasteiger partial charge in [0.1, 0.15) is 11.3 Å². The first-order valence-electron chi connectivity index (χ1n) is 4.91. The van der Waals surface area contributed by atoms with Crippen molar-refractivity contribution >= 4 is 17.9 Å². The van der Waals surface area contributed by atoms with Crippen LogP contribution in [-0.2, 0) is 4.79 Å². The van der Waals surface area contributed by atoms with Crippen LogP contribution in [0.2, 0.25) is 0 Å². The van der Waals surface area contributed by atoms with Crippen molar-refractivity contribution in [1.82, 2.24) is 0 Å². The Kier molecular flexibility index (Phi) is 4.64. The molecule has 1 rings (SSSR count). The third kappa shape index (κ3) is 3.03. The van der Waals surface area contributed by atoms with E-state index in [1.807, 2.05) is 0 Å². The fraction of sp³-hybridized carbons (Fsp3) is 0.200. The van der Waals surface area contributed by atoms with E-state index in [-0.39, 0.29) is 6.29 Å². The number of carbonyl (C=O) groups excluding carboxylic acids is 1. The Morgan fingerprint density at radius 2 is 2.05 bits per heavy atom. The number of aldehydes is 1. The predicted molar refractivity (Wildman–Crippen MR) is 57.7 cm³/mol. The van der Waals surface area contributed by atoms with Gasteiger partial charge in [0.25, 0.3) is 5.69 Å². The van der Waals surface area contributed by atoms with E-state index in [9.17, 15) is 33.6 Å². The minimum atomic E-state index is -3.37.